The molecule has 0 spiro atoms. The topological polar surface area (TPSA) is 38.9 Å². The standard InChI is InChI=1S/C12H11ClN2/c1-8-6-9(14)7-15-12(8)10-4-2-3-5-11(10)13/h2-7H,14H2,1H3. The Morgan fingerprint density at radius 2 is 2.00 bits per heavy atom. The molecule has 0 aliphatic heterocycles. The minimum atomic E-state index is 0.670. The van der Waals surface area contributed by atoms with E-state index < -0.39 is 0 Å². The summed E-state index contributed by atoms with van der Waals surface area (Å²) < 4.78 is 0. The van der Waals surface area contributed by atoms with E-state index in [1.165, 1.54) is 0 Å². The van der Waals surface area contributed by atoms with Crippen molar-refractivity contribution in [2.24, 2.45) is 0 Å². The average Bonchev–Trinajstić information content (AvgIpc) is 2.20. The van der Waals surface area contributed by atoms with Crippen LogP contribution in [0.15, 0.2) is 36.5 Å². The first-order valence-electron chi connectivity index (χ1n) is 4.65. The van der Waals surface area contributed by atoms with Gasteiger partial charge in [0.2, 0.25) is 0 Å². The van der Waals surface area contributed by atoms with E-state index in [4.69, 9.17) is 17.3 Å². The van der Waals surface area contributed by atoms with Gasteiger partial charge in [0.15, 0.2) is 0 Å². The summed E-state index contributed by atoms with van der Waals surface area (Å²) in [7, 11) is 0. The molecule has 0 atom stereocenters. The summed E-state index contributed by atoms with van der Waals surface area (Å²) in [6.45, 7) is 1.97. The molecule has 0 bridgehead atoms. The first-order valence-corrected chi connectivity index (χ1v) is 5.03. The van der Waals surface area contributed by atoms with Crippen molar-refractivity contribution in [3.8, 4) is 11.3 Å². The van der Waals surface area contributed by atoms with E-state index in [2.05, 4.69) is 4.98 Å². The number of anilines is 1. The van der Waals surface area contributed by atoms with Gasteiger partial charge in [0.1, 0.15) is 0 Å². The lowest BCUT2D eigenvalue weighted by molar-refractivity contribution is 1.27. The van der Waals surface area contributed by atoms with Gasteiger partial charge in [-0.15, -0.1) is 0 Å². The number of aromatic nitrogens is 1. The fourth-order valence-corrected chi connectivity index (χ4v) is 1.76. The van der Waals surface area contributed by atoms with Crippen LogP contribution in [0.4, 0.5) is 5.69 Å². The van der Waals surface area contributed by atoms with Crippen LogP contribution < -0.4 is 5.73 Å². The van der Waals surface area contributed by atoms with Crippen LogP contribution in [0.5, 0.6) is 0 Å². The van der Waals surface area contributed by atoms with Crippen molar-refractivity contribution in [3.63, 3.8) is 0 Å². The van der Waals surface area contributed by atoms with Crippen LogP contribution in [-0.2, 0) is 0 Å². The van der Waals surface area contributed by atoms with Crippen molar-refractivity contribution >= 4 is 17.3 Å². The highest BCUT2D eigenvalue weighted by Crippen LogP contribution is 2.28. The highest BCUT2D eigenvalue weighted by atomic mass is 35.5. The summed E-state index contributed by atoms with van der Waals surface area (Å²) in [5.74, 6) is 0. The van der Waals surface area contributed by atoms with Crippen LogP contribution in [-0.4, -0.2) is 4.98 Å². The molecule has 0 amide bonds. The molecular formula is C12H11ClN2. The van der Waals surface area contributed by atoms with E-state index in [1.807, 2.05) is 37.3 Å². The number of hydrogen-bond acceptors (Lipinski definition) is 2. The number of benzene rings is 1. The quantitative estimate of drug-likeness (QED) is 0.798. The van der Waals surface area contributed by atoms with Crippen molar-refractivity contribution < 1.29 is 0 Å². The zero-order chi connectivity index (χ0) is 10.8. The first-order chi connectivity index (χ1) is 7.18. The fraction of sp³-hybridized carbons (Fsp3) is 0.0833. The largest absolute Gasteiger partial charge is 0.397 e. The maximum Gasteiger partial charge on any atom is 0.0747 e. The van der Waals surface area contributed by atoms with Crippen LogP contribution >= 0.6 is 11.6 Å². The summed E-state index contributed by atoms with van der Waals surface area (Å²) >= 11 is 6.10. The number of nitrogen functional groups attached to an aromatic ring is 1. The number of hydrogen-bond donors (Lipinski definition) is 1. The van der Waals surface area contributed by atoms with Gasteiger partial charge in [0.25, 0.3) is 0 Å². The van der Waals surface area contributed by atoms with Gasteiger partial charge in [-0.2, -0.15) is 0 Å². The fourth-order valence-electron chi connectivity index (χ4n) is 1.53. The molecule has 0 unspecified atom stereocenters. The summed E-state index contributed by atoms with van der Waals surface area (Å²) in [5.41, 5.74) is 9.17. The molecule has 2 aromatic rings. The van der Waals surface area contributed by atoms with Gasteiger partial charge in [0.05, 0.1) is 17.6 Å². The smallest absolute Gasteiger partial charge is 0.0747 e. The van der Waals surface area contributed by atoms with Crippen LogP contribution in [0.2, 0.25) is 5.02 Å². The van der Waals surface area contributed by atoms with Gasteiger partial charge < -0.3 is 5.73 Å². The van der Waals surface area contributed by atoms with E-state index in [-0.39, 0.29) is 0 Å². The molecule has 2 nitrogen and oxygen atoms in total. The normalized spacial score (nSPS) is 10.3. The maximum atomic E-state index is 6.10. The third-order valence-corrected chi connectivity index (χ3v) is 2.56. The number of halogens is 1. The van der Waals surface area contributed by atoms with Crippen LogP contribution in [0.1, 0.15) is 5.56 Å². The first kappa shape index (κ1) is 9.99. The summed E-state index contributed by atoms with van der Waals surface area (Å²) in [5, 5.41) is 0.706. The number of rotatable bonds is 1. The van der Waals surface area contributed by atoms with E-state index in [9.17, 15) is 0 Å². The number of nitrogens with two attached hydrogens (primary N) is 1. The highest BCUT2D eigenvalue weighted by Gasteiger charge is 2.06. The van der Waals surface area contributed by atoms with Gasteiger partial charge in [-0.1, -0.05) is 29.8 Å². The zero-order valence-electron chi connectivity index (χ0n) is 8.37. The Labute approximate surface area is 93.7 Å². The van der Waals surface area contributed by atoms with Crippen molar-refractivity contribution in [1.82, 2.24) is 4.98 Å². The molecule has 1 aromatic carbocycles. The van der Waals surface area contributed by atoms with Crippen molar-refractivity contribution in [2.45, 2.75) is 6.92 Å². The molecular weight excluding hydrogens is 208 g/mol. The molecule has 1 heterocycles. The predicted molar refractivity (Wildman–Crippen MR) is 63.8 cm³/mol. The maximum absolute atomic E-state index is 6.10. The molecule has 0 aliphatic carbocycles. The Morgan fingerprint density at radius 3 is 2.67 bits per heavy atom. The second-order valence-corrected chi connectivity index (χ2v) is 3.82. The molecule has 0 saturated heterocycles. The van der Waals surface area contributed by atoms with Crippen LogP contribution in [0, 0.1) is 6.92 Å². The molecule has 3 heteroatoms. The summed E-state index contributed by atoms with van der Waals surface area (Å²) in [6.07, 6.45) is 1.64. The van der Waals surface area contributed by atoms with Crippen molar-refractivity contribution in [1.29, 1.82) is 0 Å². The van der Waals surface area contributed by atoms with E-state index in [0.717, 1.165) is 16.8 Å². The molecule has 0 saturated carbocycles. The van der Waals surface area contributed by atoms with E-state index in [0.29, 0.717) is 10.7 Å². The molecule has 76 valence electrons. The van der Waals surface area contributed by atoms with Crippen LogP contribution in [0.3, 0.4) is 0 Å². The van der Waals surface area contributed by atoms with Crippen LogP contribution in [0.25, 0.3) is 11.3 Å². The summed E-state index contributed by atoms with van der Waals surface area (Å²) in [6, 6.07) is 9.55. The SMILES string of the molecule is Cc1cc(N)cnc1-c1ccccc1Cl. The number of nitrogens with zero attached hydrogens (tertiary/aromatic N) is 1. The molecule has 1 aromatic heterocycles. The molecule has 0 radical (unpaired) electrons. The van der Waals surface area contributed by atoms with Gasteiger partial charge in [-0.3, -0.25) is 4.98 Å². The van der Waals surface area contributed by atoms with Gasteiger partial charge in [0, 0.05) is 10.6 Å². The molecule has 0 aliphatic rings. The molecule has 2 N–H and O–H groups in total. The third-order valence-electron chi connectivity index (χ3n) is 2.23. The predicted octanol–water partition coefficient (Wildman–Crippen LogP) is 3.29. The average molecular weight is 219 g/mol. The lowest BCUT2D eigenvalue weighted by atomic mass is 10.1. The molecule has 15 heavy (non-hydrogen) atoms. The Balaban J connectivity index is 2.60. The van der Waals surface area contributed by atoms with Crippen molar-refractivity contribution in [3.05, 3.63) is 47.1 Å². The highest BCUT2D eigenvalue weighted by molar-refractivity contribution is 6.33. The Hall–Kier alpha value is -1.54. The third kappa shape index (κ3) is 1.95. The number of pyridine rings is 1. The second-order valence-electron chi connectivity index (χ2n) is 3.41. The molecule has 2 rings (SSSR count). The van der Waals surface area contributed by atoms with Gasteiger partial charge >= 0.3 is 0 Å². The minimum absolute atomic E-state index is 0.670. The lowest BCUT2D eigenvalue weighted by Crippen LogP contribution is -1.92. The number of aryl methyl sites for hydroxylation is 1. The summed E-state index contributed by atoms with van der Waals surface area (Å²) in [4.78, 5) is 4.30. The van der Waals surface area contributed by atoms with Gasteiger partial charge in [-0.25, -0.2) is 0 Å². The van der Waals surface area contributed by atoms with E-state index >= 15 is 0 Å². The van der Waals surface area contributed by atoms with Gasteiger partial charge in [-0.05, 0) is 24.6 Å². The Morgan fingerprint density at radius 1 is 1.27 bits per heavy atom. The second kappa shape index (κ2) is 3.91. The lowest BCUT2D eigenvalue weighted by Gasteiger charge is -2.07. The Bertz CT molecular complexity index is 495. The minimum Gasteiger partial charge on any atom is -0.397 e. The molecule has 0 fully saturated rings. The monoisotopic (exact) mass is 218 g/mol. The zero-order valence-corrected chi connectivity index (χ0v) is 9.12. The Kier molecular flexibility index (Phi) is 2.60. The van der Waals surface area contributed by atoms with Crippen molar-refractivity contribution in [2.75, 3.05) is 5.73 Å². The van der Waals surface area contributed by atoms with E-state index in [1.54, 1.807) is 6.20 Å².